The summed E-state index contributed by atoms with van der Waals surface area (Å²) in [6.45, 7) is 0. The molecule has 1 atom stereocenters. The molecule has 1 unspecified atom stereocenters. The van der Waals surface area contributed by atoms with Gasteiger partial charge in [0.1, 0.15) is 0 Å². The van der Waals surface area contributed by atoms with Gasteiger partial charge in [0, 0.05) is 7.05 Å². The molecule has 16 heavy (non-hydrogen) atoms. The fraction of sp³-hybridized carbons (Fsp3) is 0.364. The van der Waals surface area contributed by atoms with Crippen molar-refractivity contribution in [1.82, 2.24) is 15.1 Å². The van der Waals surface area contributed by atoms with Crippen molar-refractivity contribution in [2.45, 2.75) is 12.5 Å². The van der Waals surface area contributed by atoms with Crippen molar-refractivity contribution in [3.63, 3.8) is 0 Å². The lowest BCUT2D eigenvalue weighted by molar-refractivity contribution is 0.538. The van der Waals surface area contributed by atoms with Gasteiger partial charge in [-0.2, -0.15) is 16.4 Å². The van der Waals surface area contributed by atoms with Crippen LogP contribution in [0.5, 0.6) is 0 Å². The highest BCUT2D eigenvalue weighted by molar-refractivity contribution is 7.07. The van der Waals surface area contributed by atoms with E-state index in [1.165, 1.54) is 5.56 Å². The van der Waals surface area contributed by atoms with Crippen molar-refractivity contribution in [3.05, 3.63) is 39.3 Å². The van der Waals surface area contributed by atoms with E-state index in [1.54, 1.807) is 17.5 Å². The molecule has 5 heteroatoms. The number of thiophene rings is 1. The molecule has 0 amide bonds. The highest BCUT2D eigenvalue weighted by Gasteiger charge is 2.17. The fourth-order valence-corrected chi connectivity index (χ4v) is 2.77. The van der Waals surface area contributed by atoms with E-state index in [1.807, 2.05) is 18.8 Å². The maximum absolute atomic E-state index is 6.14. The van der Waals surface area contributed by atoms with Gasteiger partial charge in [0.05, 0.1) is 23.0 Å². The summed E-state index contributed by atoms with van der Waals surface area (Å²) in [6.07, 6.45) is 2.62. The first-order chi connectivity index (χ1) is 7.72. The molecule has 2 aromatic heterocycles. The second kappa shape index (κ2) is 4.99. The van der Waals surface area contributed by atoms with E-state index < -0.39 is 0 Å². The summed E-state index contributed by atoms with van der Waals surface area (Å²) in [5.41, 5.74) is 2.36. The van der Waals surface area contributed by atoms with Crippen molar-refractivity contribution in [2.24, 2.45) is 7.05 Å². The third-order valence-electron chi connectivity index (χ3n) is 2.64. The molecule has 2 heterocycles. The van der Waals surface area contributed by atoms with Crippen molar-refractivity contribution in [1.29, 1.82) is 0 Å². The Hall–Kier alpha value is -0.840. The van der Waals surface area contributed by atoms with Gasteiger partial charge < -0.3 is 5.32 Å². The van der Waals surface area contributed by atoms with Crippen LogP contribution < -0.4 is 5.32 Å². The molecule has 2 rings (SSSR count). The molecule has 0 bridgehead atoms. The molecular formula is C11H14ClN3S. The maximum atomic E-state index is 6.14. The van der Waals surface area contributed by atoms with Crippen molar-refractivity contribution in [2.75, 3.05) is 7.05 Å². The first-order valence-electron chi connectivity index (χ1n) is 5.08. The lowest BCUT2D eigenvalue weighted by Gasteiger charge is -2.16. The lowest BCUT2D eigenvalue weighted by Crippen LogP contribution is -2.21. The Labute approximate surface area is 104 Å². The van der Waals surface area contributed by atoms with E-state index in [9.17, 15) is 0 Å². The van der Waals surface area contributed by atoms with Crippen LogP contribution in [0.25, 0.3) is 0 Å². The van der Waals surface area contributed by atoms with E-state index in [0.717, 1.165) is 17.1 Å². The number of hydrogen-bond donors (Lipinski definition) is 1. The van der Waals surface area contributed by atoms with Gasteiger partial charge in [-0.15, -0.1) is 0 Å². The number of likely N-dealkylation sites (N-methyl/N-ethyl adjacent to an activating group) is 1. The van der Waals surface area contributed by atoms with Crippen LogP contribution in [-0.2, 0) is 13.5 Å². The van der Waals surface area contributed by atoms with E-state index in [2.05, 4.69) is 27.2 Å². The van der Waals surface area contributed by atoms with Gasteiger partial charge >= 0.3 is 0 Å². The topological polar surface area (TPSA) is 29.9 Å². The van der Waals surface area contributed by atoms with Crippen LogP contribution in [0.3, 0.4) is 0 Å². The van der Waals surface area contributed by atoms with Crippen LogP contribution in [0.15, 0.2) is 23.0 Å². The monoisotopic (exact) mass is 255 g/mol. The number of nitrogens with one attached hydrogen (secondary N) is 1. The standard InChI is InChI=1S/C11H14ClN3S/c1-13-10(5-8-3-4-16-7-8)11-9(12)6-14-15(11)2/h3-4,6-7,10,13H,5H2,1-2H3. The molecule has 0 aliphatic heterocycles. The van der Waals surface area contributed by atoms with Crippen molar-refractivity contribution < 1.29 is 0 Å². The van der Waals surface area contributed by atoms with E-state index in [-0.39, 0.29) is 6.04 Å². The lowest BCUT2D eigenvalue weighted by atomic mass is 10.1. The third-order valence-corrected chi connectivity index (χ3v) is 3.66. The largest absolute Gasteiger partial charge is 0.311 e. The minimum Gasteiger partial charge on any atom is -0.311 e. The number of nitrogens with zero attached hydrogens (tertiary/aromatic N) is 2. The van der Waals surface area contributed by atoms with Crippen LogP contribution in [0.2, 0.25) is 5.02 Å². The average Bonchev–Trinajstić information content (AvgIpc) is 2.87. The Morgan fingerprint density at radius 1 is 1.62 bits per heavy atom. The number of hydrogen-bond acceptors (Lipinski definition) is 3. The van der Waals surface area contributed by atoms with Gasteiger partial charge in [-0.05, 0) is 35.9 Å². The molecule has 0 aliphatic carbocycles. The van der Waals surface area contributed by atoms with Crippen LogP contribution in [0.1, 0.15) is 17.3 Å². The van der Waals surface area contributed by atoms with Crippen molar-refractivity contribution in [3.8, 4) is 0 Å². The highest BCUT2D eigenvalue weighted by atomic mass is 35.5. The molecule has 0 saturated carbocycles. The number of rotatable bonds is 4. The smallest absolute Gasteiger partial charge is 0.0834 e. The zero-order valence-corrected chi connectivity index (χ0v) is 10.8. The minimum atomic E-state index is 0.203. The van der Waals surface area contributed by atoms with Crippen molar-refractivity contribution >= 4 is 22.9 Å². The maximum Gasteiger partial charge on any atom is 0.0834 e. The molecule has 0 aliphatic rings. The van der Waals surface area contributed by atoms with Crippen LogP contribution in [-0.4, -0.2) is 16.8 Å². The van der Waals surface area contributed by atoms with Gasteiger partial charge in [0.25, 0.3) is 0 Å². The van der Waals surface area contributed by atoms with Crippen LogP contribution in [0, 0.1) is 0 Å². The molecule has 0 spiro atoms. The van der Waals surface area contributed by atoms with Gasteiger partial charge in [-0.25, -0.2) is 0 Å². The summed E-state index contributed by atoms with van der Waals surface area (Å²) in [4.78, 5) is 0. The first kappa shape index (κ1) is 11.6. The van der Waals surface area contributed by atoms with E-state index in [0.29, 0.717) is 0 Å². The molecule has 0 radical (unpaired) electrons. The predicted octanol–water partition coefficient (Wildman–Crippen LogP) is 2.64. The molecule has 0 aromatic carbocycles. The summed E-state index contributed by atoms with van der Waals surface area (Å²) in [5.74, 6) is 0. The third kappa shape index (κ3) is 2.29. The Bertz CT molecular complexity index is 430. The molecular weight excluding hydrogens is 242 g/mol. The zero-order valence-electron chi connectivity index (χ0n) is 9.27. The summed E-state index contributed by atoms with van der Waals surface area (Å²) in [7, 11) is 3.86. The number of halogens is 1. The summed E-state index contributed by atoms with van der Waals surface area (Å²) in [6, 6.07) is 2.34. The van der Waals surface area contributed by atoms with Crippen LogP contribution in [0.4, 0.5) is 0 Å². The van der Waals surface area contributed by atoms with Gasteiger partial charge in [-0.1, -0.05) is 11.6 Å². The Morgan fingerprint density at radius 3 is 2.94 bits per heavy atom. The second-order valence-electron chi connectivity index (χ2n) is 3.68. The van der Waals surface area contributed by atoms with E-state index in [4.69, 9.17) is 11.6 Å². The van der Waals surface area contributed by atoms with Crippen LogP contribution >= 0.6 is 22.9 Å². The predicted molar refractivity (Wildman–Crippen MR) is 68.0 cm³/mol. The van der Waals surface area contributed by atoms with Gasteiger partial charge in [0.2, 0.25) is 0 Å². The Kier molecular flexibility index (Phi) is 3.63. The normalized spacial score (nSPS) is 12.9. The van der Waals surface area contributed by atoms with Gasteiger partial charge in [0.15, 0.2) is 0 Å². The molecule has 0 saturated heterocycles. The van der Waals surface area contributed by atoms with Gasteiger partial charge in [-0.3, -0.25) is 4.68 Å². The van der Waals surface area contributed by atoms with E-state index >= 15 is 0 Å². The summed E-state index contributed by atoms with van der Waals surface area (Å²) in [5, 5.41) is 12.4. The summed E-state index contributed by atoms with van der Waals surface area (Å²) < 4.78 is 1.83. The highest BCUT2D eigenvalue weighted by Crippen LogP contribution is 2.25. The molecule has 1 N–H and O–H groups in total. The second-order valence-corrected chi connectivity index (χ2v) is 4.87. The quantitative estimate of drug-likeness (QED) is 0.910. The fourth-order valence-electron chi connectivity index (χ4n) is 1.79. The molecule has 0 fully saturated rings. The Morgan fingerprint density at radius 2 is 2.44 bits per heavy atom. The number of aromatic nitrogens is 2. The molecule has 86 valence electrons. The zero-order chi connectivity index (χ0) is 11.5. The first-order valence-corrected chi connectivity index (χ1v) is 6.40. The minimum absolute atomic E-state index is 0.203. The molecule has 2 aromatic rings. The molecule has 3 nitrogen and oxygen atoms in total. The SMILES string of the molecule is CNC(Cc1ccsc1)c1c(Cl)cnn1C. The summed E-state index contributed by atoms with van der Waals surface area (Å²) >= 11 is 7.85. The Balaban J connectivity index is 2.23. The number of aryl methyl sites for hydroxylation is 1. The average molecular weight is 256 g/mol.